The Labute approximate surface area is 301 Å². The smallest absolute Gasteiger partial charge is 0.261 e. The molecule has 3 aromatic rings. The summed E-state index contributed by atoms with van der Waals surface area (Å²) in [4.78, 5) is 50.3. The van der Waals surface area contributed by atoms with Crippen LogP contribution in [-0.4, -0.2) is 116 Å². The number of carbonyl (C=O) groups excluding carboxylic acids is 2. The van der Waals surface area contributed by atoms with E-state index in [9.17, 15) is 18.8 Å². The van der Waals surface area contributed by atoms with Crippen molar-refractivity contribution in [2.24, 2.45) is 5.92 Å². The van der Waals surface area contributed by atoms with Crippen LogP contribution < -0.4 is 25.8 Å². The summed E-state index contributed by atoms with van der Waals surface area (Å²) in [7, 11) is 0. The average molecular weight is 724 g/mol. The second-order valence-corrected chi connectivity index (χ2v) is 14.2. The molecule has 4 aliphatic rings. The van der Waals surface area contributed by atoms with Crippen molar-refractivity contribution in [3.8, 4) is 5.75 Å². The van der Waals surface area contributed by atoms with Gasteiger partial charge in [0.2, 0.25) is 11.8 Å². The third kappa shape index (κ3) is 9.06. The second-order valence-electron chi connectivity index (χ2n) is 14.2. The van der Waals surface area contributed by atoms with Gasteiger partial charge in [0.15, 0.2) is 0 Å². The Morgan fingerprint density at radius 2 is 1.63 bits per heavy atom. The lowest BCUT2D eigenvalue weighted by Gasteiger charge is -2.38. The molecule has 52 heavy (non-hydrogen) atoms. The van der Waals surface area contributed by atoms with Crippen LogP contribution in [0.25, 0.3) is 10.9 Å². The van der Waals surface area contributed by atoms with Crippen molar-refractivity contribution in [2.75, 3.05) is 82.4 Å². The number of nitrogens with zero attached hydrogens (tertiary/aromatic N) is 4. The molecule has 4 aliphatic heterocycles. The zero-order valence-corrected chi connectivity index (χ0v) is 29.3. The first kappa shape index (κ1) is 36.2. The van der Waals surface area contributed by atoms with Gasteiger partial charge in [-0.1, -0.05) is 0 Å². The maximum atomic E-state index is 15.1. The Morgan fingerprint density at radius 3 is 2.37 bits per heavy atom. The molecular formula is C37H47F2N7O6. The second kappa shape index (κ2) is 16.7. The number of imide groups is 1. The quantitative estimate of drug-likeness (QED) is 0.238. The number of nitrogens with one attached hydrogen (secondary N) is 3. The molecule has 0 spiro atoms. The molecule has 4 saturated heterocycles. The monoisotopic (exact) mass is 723 g/mol. The maximum Gasteiger partial charge on any atom is 0.261 e. The summed E-state index contributed by atoms with van der Waals surface area (Å²) >= 11 is 0. The van der Waals surface area contributed by atoms with Crippen LogP contribution in [0.2, 0.25) is 0 Å². The van der Waals surface area contributed by atoms with Gasteiger partial charge >= 0.3 is 0 Å². The molecule has 13 nitrogen and oxygen atoms in total. The Balaban J connectivity index is 0.821. The largest absolute Gasteiger partial charge is 0.493 e. The first-order valence-corrected chi connectivity index (χ1v) is 18.4. The van der Waals surface area contributed by atoms with Crippen LogP contribution >= 0.6 is 0 Å². The fourth-order valence-corrected chi connectivity index (χ4v) is 7.40. The van der Waals surface area contributed by atoms with E-state index in [1.165, 1.54) is 12.1 Å². The Morgan fingerprint density at radius 1 is 0.885 bits per heavy atom. The number of piperazine rings is 1. The molecule has 7 rings (SSSR count). The molecule has 3 N–H and O–H groups in total. The molecule has 15 heteroatoms. The fraction of sp³-hybridized carbons (Fsp3) is 0.568. The van der Waals surface area contributed by atoms with Gasteiger partial charge < -0.3 is 34.3 Å². The first-order chi connectivity index (χ1) is 25.3. The number of likely N-dealkylation sites (tertiary alicyclic amines) is 1. The number of H-pyrrole nitrogens is 1. The average Bonchev–Trinajstić information content (AvgIpc) is 3.14. The van der Waals surface area contributed by atoms with E-state index in [0.29, 0.717) is 55.1 Å². The Kier molecular flexibility index (Phi) is 11.6. The number of aromatic nitrogens is 2. The molecule has 0 radical (unpaired) electrons. The highest BCUT2D eigenvalue weighted by Crippen LogP contribution is 2.26. The summed E-state index contributed by atoms with van der Waals surface area (Å²) < 4.78 is 47.4. The summed E-state index contributed by atoms with van der Waals surface area (Å²) in [6.07, 6.45) is 4.21. The van der Waals surface area contributed by atoms with Crippen LogP contribution in [0.5, 0.6) is 5.75 Å². The van der Waals surface area contributed by atoms with Gasteiger partial charge in [-0.2, -0.15) is 0 Å². The molecule has 4 fully saturated rings. The predicted octanol–water partition coefficient (Wildman–Crippen LogP) is 3.03. The number of hydrogen-bond acceptors (Lipinski definition) is 11. The summed E-state index contributed by atoms with van der Waals surface area (Å²) in [5.41, 5.74) is 0.782. The van der Waals surface area contributed by atoms with Gasteiger partial charge in [-0.25, -0.2) is 13.8 Å². The SMILES string of the molecule is O=C1CCC(Nc2ccc(N3CCN(CCN4CCC(OCc5nc6cc(OCC7CCOCC7)cc(F)c6c(=O)[nH]5)CC4)CC3)c(F)c2)C(=O)N1. The van der Waals surface area contributed by atoms with E-state index in [0.717, 1.165) is 78.0 Å². The number of anilines is 2. The van der Waals surface area contributed by atoms with Crippen molar-refractivity contribution in [1.29, 1.82) is 0 Å². The minimum atomic E-state index is -0.656. The molecule has 0 aliphatic carbocycles. The number of carbonyl (C=O) groups is 2. The minimum Gasteiger partial charge on any atom is -0.493 e. The number of amides is 2. The third-order valence-corrected chi connectivity index (χ3v) is 10.6. The molecule has 2 aromatic carbocycles. The first-order valence-electron chi connectivity index (χ1n) is 18.4. The molecule has 1 aromatic heterocycles. The number of rotatable bonds is 12. The molecule has 0 saturated carbocycles. The van der Waals surface area contributed by atoms with Gasteiger partial charge in [0, 0.05) is 89.8 Å². The van der Waals surface area contributed by atoms with Crippen LogP contribution in [0.4, 0.5) is 20.2 Å². The van der Waals surface area contributed by atoms with E-state index >= 15 is 4.39 Å². The predicted molar refractivity (Wildman–Crippen MR) is 190 cm³/mol. The molecule has 0 bridgehead atoms. The van der Waals surface area contributed by atoms with Crippen molar-refractivity contribution in [1.82, 2.24) is 25.1 Å². The molecule has 1 unspecified atom stereocenters. The van der Waals surface area contributed by atoms with Gasteiger partial charge in [-0.15, -0.1) is 0 Å². The summed E-state index contributed by atoms with van der Waals surface area (Å²) in [6, 6.07) is 7.26. The number of aromatic amines is 1. The third-order valence-electron chi connectivity index (χ3n) is 10.6. The zero-order valence-electron chi connectivity index (χ0n) is 29.3. The summed E-state index contributed by atoms with van der Waals surface area (Å²) in [5, 5.41) is 5.27. The highest BCUT2D eigenvalue weighted by Gasteiger charge is 2.27. The number of fused-ring (bicyclic) bond motifs is 1. The number of benzene rings is 2. The van der Waals surface area contributed by atoms with Crippen molar-refractivity contribution < 1.29 is 32.6 Å². The van der Waals surface area contributed by atoms with Crippen molar-refractivity contribution >= 4 is 34.1 Å². The standard InChI is InChI=1S/C37H47F2N7O6/c38-28-19-25(40-30-2-4-34(47)43-36(30)48)1-3-32(28)46-15-13-45(14-16-46)12-11-44-9-5-26(6-10-44)52-23-33-41-31-21-27(20-29(39)35(31)37(49)42-33)51-22-24-7-17-50-18-8-24/h1,3,19-21,24,26,30,40H,2,4-18,22-23H2,(H,41,42,49)(H,43,47,48). The van der Waals surface area contributed by atoms with E-state index in [2.05, 4.69) is 35.3 Å². The lowest BCUT2D eigenvalue weighted by molar-refractivity contribution is -0.133. The topological polar surface area (TPSA) is 141 Å². The normalized spacial score (nSPS) is 21.4. The van der Waals surface area contributed by atoms with Crippen LogP contribution in [0, 0.1) is 17.6 Å². The number of halogens is 2. The van der Waals surface area contributed by atoms with Gasteiger partial charge in [0.1, 0.15) is 41.2 Å². The van der Waals surface area contributed by atoms with Gasteiger partial charge in [0.25, 0.3) is 5.56 Å². The van der Waals surface area contributed by atoms with E-state index in [1.54, 1.807) is 18.2 Å². The van der Waals surface area contributed by atoms with Crippen molar-refractivity contribution in [3.05, 3.63) is 58.1 Å². The Hall–Kier alpha value is -4.18. The van der Waals surface area contributed by atoms with Crippen LogP contribution in [0.15, 0.2) is 35.1 Å². The molecule has 5 heterocycles. The number of ether oxygens (including phenoxy) is 3. The van der Waals surface area contributed by atoms with Crippen LogP contribution in [-0.2, 0) is 25.7 Å². The van der Waals surface area contributed by atoms with Gasteiger partial charge in [-0.05, 0) is 56.2 Å². The van der Waals surface area contributed by atoms with E-state index in [4.69, 9.17) is 14.2 Å². The Bertz CT molecular complexity index is 1790. The summed E-state index contributed by atoms with van der Waals surface area (Å²) in [6.45, 7) is 8.77. The lowest BCUT2D eigenvalue weighted by atomic mass is 10.0. The fourth-order valence-electron chi connectivity index (χ4n) is 7.40. The molecule has 280 valence electrons. The lowest BCUT2D eigenvalue weighted by Crippen LogP contribution is -2.49. The van der Waals surface area contributed by atoms with Gasteiger partial charge in [0.05, 0.1) is 23.9 Å². The van der Waals surface area contributed by atoms with E-state index in [1.807, 2.05) is 0 Å². The van der Waals surface area contributed by atoms with Gasteiger partial charge in [-0.3, -0.25) is 24.6 Å². The molecule has 2 amide bonds. The van der Waals surface area contributed by atoms with Crippen LogP contribution in [0.3, 0.4) is 0 Å². The van der Waals surface area contributed by atoms with E-state index in [-0.39, 0.29) is 47.7 Å². The van der Waals surface area contributed by atoms with E-state index < -0.39 is 17.4 Å². The van der Waals surface area contributed by atoms with Crippen molar-refractivity contribution in [3.63, 3.8) is 0 Å². The highest BCUT2D eigenvalue weighted by molar-refractivity contribution is 6.01. The van der Waals surface area contributed by atoms with Crippen LogP contribution in [0.1, 0.15) is 44.3 Å². The summed E-state index contributed by atoms with van der Waals surface area (Å²) in [5.74, 6) is -0.590. The van der Waals surface area contributed by atoms with Crippen molar-refractivity contribution in [2.45, 2.75) is 57.3 Å². The zero-order chi connectivity index (χ0) is 36.0. The highest BCUT2D eigenvalue weighted by atomic mass is 19.1. The molecular weight excluding hydrogens is 676 g/mol. The number of piperidine rings is 2. The number of hydrogen-bond donors (Lipinski definition) is 3. The maximum absolute atomic E-state index is 15.1. The minimum absolute atomic E-state index is 0.0344. The molecule has 1 atom stereocenters.